The molecule has 0 unspecified atom stereocenters. The Balaban J connectivity index is 1.31. The lowest BCUT2D eigenvalue weighted by atomic mass is 9.83. The van der Waals surface area contributed by atoms with Crippen LogP contribution in [0.3, 0.4) is 0 Å². The largest absolute Gasteiger partial charge is 0.339 e. The molecule has 1 aromatic carbocycles. The van der Waals surface area contributed by atoms with Gasteiger partial charge in [0.05, 0.1) is 5.69 Å². The molecule has 12 nitrogen and oxygen atoms in total. The van der Waals surface area contributed by atoms with E-state index in [-0.39, 0.29) is 23.6 Å². The van der Waals surface area contributed by atoms with Gasteiger partial charge >= 0.3 is 6.03 Å². The number of benzene rings is 1. The molecule has 2 aromatic rings. The molecular weight excluding hydrogens is 591 g/mol. The third-order valence-corrected chi connectivity index (χ3v) is 9.50. The summed E-state index contributed by atoms with van der Waals surface area (Å²) in [6.45, 7) is 6.73. The lowest BCUT2D eigenvalue weighted by Gasteiger charge is -2.36. The maximum atomic E-state index is 15.7. The minimum Gasteiger partial charge on any atom is -0.339 e. The van der Waals surface area contributed by atoms with Gasteiger partial charge in [0, 0.05) is 50.9 Å². The summed E-state index contributed by atoms with van der Waals surface area (Å²) in [6.07, 6.45) is 7.93. The molecule has 2 heterocycles. The summed E-state index contributed by atoms with van der Waals surface area (Å²) in [5.41, 5.74) is 0.858. The van der Waals surface area contributed by atoms with E-state index in [1.807, 2.05) is 14.0 Å². The Morgan fingerprint density at radius 2 is 1.70 bits per heavy atom. The molecule has 0 bridgehead atoms. The summed E-state index contributed by atoms with van der Waals surface area (Å²) < 4.78 is 17.2. The zero-order chi connectivity index (χ0) is 32.8. The van der Waals surface area contributed by atoms with E-state index in [0.717, 1.165) is 58.0 Å². The van der Waals surface area contributed by atoms with Gasteiger partial charge in [-0.05, 0) is 69.3 Å². The molecular formula is C33H47FN8O4. The van der Waals surface area contributed by atoms with Crippen LogP contribution in [0.5, 0.6) is 0 Å². The number of carbonyl (C=O) groups excluding carboxylic acids is 4. The second-order valence-electron chi connectivity index (χ2n) is 12.9. The van der Waals surface area contributed by atoms with Gasteiger partial charge in [0.25, 0.3) is 5.91 Å². The fourth-order valence-corrected chi connectivity index (χ4v) is 6.40. The number of likely N-dealkylation sites (N-methyl/N-ethyl adjacent to an activating group) is 1. The van der Waals surface area contributed by atoms with E-state index in [1.165, 1.54) is 12.1 Å². The van der Waals surface area contributed by atoms with Gasteiger partial charge in [-0.2, -0.15) is 5.10 Å². The van der Waals surface area contributed by atoms with Crippen LogP contribution in [0.15, 0.2) is 30.5 Å². The summed E-state index contributed by atoms with van der Waals surface area (Å²) in [5, 5.41) is 15.5. The summed E-state index contributed by atoms with van der Waals surface area (Å²) in [6, 6.07) is 4.03. The fraction of sp³-hybridized carbons (Fsp3) is 0.606. The first-order valence-electron chi connectivity index (χ1n) is 16.6. The Kier molecular flexibility index (Phi) is 10.9. The molecule has 3 fully saturated rings. The number of nitrogens with zero attached hydrogens (tertiary/aromatic N) is 4. The van der Waals surface area contributed by atoms with Gasteiger partial charge in [0.2, 0.25) is 11.8 Å². The van der Waals surface area contributed by atoms with Gasteiger partial charge in [-0.15, -0.1) is 0 Å². The SMILES string of the molecule is CCn1nccc1C(=O)N[C@H](C(=O)Nc1ccc([C@H](C)[C@@H](NC(=O)NC2CC2)C(=O)N2CCN(C)CC2)cc1F)C1CCCCC1. The first-order chi connectivity index (χ1) is 22.1. The highest BCUT2D eigenvalue weighted by Crippen LogP contribution is 2.29. The van der Waals surface area contributed by atoms with Crippen LogP contribution in [0.2, 0.25) is 0 Å². The lowest BCUT2D eigenvalue weighted by Crippen LogP contribution is -2.57. The van der Waals surface area contributed by atoms with Crippen LogP contribution >= 0.6 is 0 Å². The smallest absolute Gasteiger partial charge is 0.315 e. The van der Waals surface area contributed by atoms with Gasteiger partial charge in [0.1, 0.15) is 23.6 Å². The Morgan fingerprint density at radius 1 is 0.978 bits per heavy atom. The fourth-order valence-electron chi connectivity index (χ4n) is 6.40. The molecule has 4 N–H and O–H groups in total. The predicted octanol–water partition coefficient (Wildman–Crippen LogP) is 3.07. The first-order valence-corrected chi connectivity index (χ1v) is 16.6. The number of anilines is 1. The third-order valence-electron chi connectivity index (χ3n) is 9.50. The zero-order valence-electron chi connectivity index (χ0n) is 27.1. The number of urea groups is 1. The number of nitrogens with one attached hydrogen (secondary N) is 4. The van der Waals surface area contributed by atoms with E-state index in [1.54, 1.807) is 34.8 Å². The second kappa shape index (κ2) is 15.1. The second-order valence-corrected chi connectivity index (χ2v) is 12.9. The van der Waals surface area contributed by atoms with Crippen molar-refractivity contribution in [1.29, 1.82) is 0 Å². The minimum absolute atomic E-state index is 0.0176. The highest BCUT2D eigenvalue weighted by atomic mass is 19.1. The van der Waals surface area contributed by atoms with Crippen molar-refractivity contribution in [1.82, 2.24) is 35.5 Å². The van der Waals surface area contributed by atoms with Gasteiger partial charge in [0.15, 0.2) is 0 Å². The molecule has 13 heteroatoms. The maximum Gasteiger partial charge on any atom is 0.315 e. The molecule has 3 aliphatic rings. The summed E-state index contributed by atoms with van der Waals surface area (Å²) in [7, 11) is 2.00. The van der Waals surface area contributed by atoms with Crippen LogP contribution in [0.4, 0.5) is 14.9 Å². The molecule has 0 radical (unpaired) electrons. The molecule has 46 heavy (non-hydrogen) atoms. The van der Waals surface area contributed by atoms with Crippen LogP contribution in [0, 0.1) is 11.7 Å². The maximum absolute atomic E-state index is 15.7. The molecule has 5 rings (SSSR count). The van der Waals surface area contributed by atoms with Crippen LogP contribution in [0.25, 0.3) is 0 Å². The molecule has 3 atom stereocenters. The van der Waals surface area contributed by atoms with Crippen molar-refractivity contribution in [2.45, 2.75) is 89.4 Å². The van der Waals surface area contributed by atoms with E-state index in [0.29, 0.717) is 30.9 Å². The van der Waals surface area contributed by atoms with Crippen molar-refractivity contribution in [2.75, 3.05) is 38.5 Å². The molecule has 0 spiro atoms. The van der Waals surface area contributed by atoms with Crippen molar-refractivity contribution in [3.63, 3.8) is 0 Å². The highest BCUT2D eigenvalue weighted by Gasteiger charge is 2.35. The van der Waals surface area contributed by atoms with Crippen molar-refractivity contribution in [2.24, 2.45) is 5.92 Å². The molecule has 250 valence electrons. The third kappa shape index (κ3) is 8.23. The summed E-state index contributed by atoms with van der Waals surface area (Å²) in [5.74, 6) is -2.38. The molecule has 5 amide bonds. The first kappa shape index (κ1) is 33.4. The van der Waals surface area contributed by atoms with Gasteiger partial charge < -0.3 is 31.1 Å². The Bertz CT molecular complexity index is 1400. The monoisotopic (exact) mass is 638 g/mol. The van der Waals surface area contributed by atoms with Crippen molar-refractivity contribution in [3.8, 4) is 0 Å². The molecule has 2 saturated carbocycles. The highest BCUT2D eigenvalue weighted by molar-refractivity contribution is 6.00. The van der Waals surface area contributed by atoms with E-state index < -0.39 is 41.7 Å². The Hall–Kier alpha value is -4.00. The van der Waals surface area contributed by atoms with Crippen LogP contribution in [-0.2, 0) is 16.1 Å². The Labute approximate surface area is 269 Å². The minimum atomic E-state index is -0.899. The standard InChI is InChI=1S/C33H47FN8O4/c1-4-42-27(14-15-35-42)30(43)38-29(22-8-6-5-7-9-22)31(44)37-26-13-10-23(20-25(26)34)21(2)28(39-33(46)36-24-11-12-24)32(45)41-18-16-40(3)17-19-41/h10,13-15,20-22,24,28-29H,4-9,11-12,16-19H2,1-3H3,(H,37,44)(H,38,43)(H2,36,39,46)/t21-,28+,29-/m0/s1. The number of carbonyl (C=O) groups is 4. The normalized spacial score (nSPS) is 19.5. The van der Waals surface area contributed by atoms with Crippen LogP contribution in [-0.4, -0.2) is 94.7 Å². The van der Waals surface area contributed by atoms with E-state index in [2.05, 4.69) is 31.3 Å². The predicted molar refractivity (Wildman–Crippen MR) is 172 cm³/mol. The summed E-state index contributed by atoms with van der Waals surface area (Å²) in [4.78, 5) is 57.1. The van der Waals surface area contributed by atoms with E-state index >= 15 is 4.39 Å². The van der Waals surface area contributed by atoms with Crippen molar-refractivity contribution < 1.29 is 23.6 Å². The Morgan fingerprint density at radius 3 is 2.35 bits per heavy atom. The molecule has 2 aliphatic carbocycles. The number of rotatable bonds is 11. The average molecular weight is 639 g/mol. The quantitative estimate of drug-likeness (QED) is 0.298. The number of piperazine rings is 1. The van der Waals surface area contributed by atoms with Crippen molar-refractivity contribution in [3.05, 3.63) is 47.5 Å². The molecule has 1 aliphatic heterocycles. The van der Waals surface area contributed by atoms with Gasteiger partial charge in [-0.1, -0.05) is 32.3 Å². The van der Waals surface area contributed by atoms with E-state index in [4.69, 9.17) is 0 Å². The number of aromatic nitrogens is 2. The molecule has 1 saturated heterocycles. The zero-order valence-corrected chi connectivity index (χ0v) is 27.1. The lowest BCUT2D eigenvalue weighted by molar-refractivity contribution is -0.135. The van der Waals surface area contributed by atoms with Gasteiger partial charge in [-0.3, -0.25) is 19.1 Å². The van der Waals surface area contributed by atoms with Crippen LogP contribution in [0.1, 0.15) is 80.8 Å². The topological polar surface area (TPSA) is 141 Å². The molecule has 1 aromatic heterocycles. The van der Waals surface area contributed by atoms with Crippen molar-refractivity contribution >= 4 is 29.4 Å². The number of hydrogen-bond donors (Lipinski definition) is 4. The van der Waals surface area contributed by atoms with Crippen LogP contribution < -0.4 is 21.3 Å². The number of amides is 5. The number of aryl methyl sites for hydroxylation is 1. The van der Waals surface area contributed by atoms with Gasteiger partial charge in [-0.25, -0.2) is 9.18 Å². The summed E-state index contributed by atoms with van der Waals surface area (Å²) >= 11 is 0. The average Bonchev–Trinajstić information content (AvgIpc) is 3.74. The van der Waals surface area contributed by atoms with E-state index in [9.17, 15) is 19.2 Å². The number of halogens is 1. The number of hydrogen-bond acceptors (Lipinski definition) is 6.